The molecule has 1 aliphatic rings. The van der Waals surface area contributed by atoms with Gasteiger partial charge in [0.2, 0.25) is 0 Å². The number of carbonyl (C=O) groups is 1. The predicted octanol–water partition coefficient (Wildman–Crippen LogP) is 3.50. The maximum absolute atomic E-state index is 12.7. The van der Waals surface area contributed by atoms with E-state index in [-0.39, 0.29) is 18.1 Å². The van der Waals surface area contributed by atoms with Gasteiger partial charge in [-0.15, -0.1) is 0 Å². The quantitative estimate of drug-likeness (QED) is 0.647. The number of aliphatic hydroxyl groups is 1. The summed E-state index contributed by atoms with van der Waals surface area (Å²) in [5.41, 5.74) is 1.40. The van der Waals surface area contributed by atoms with Gasteiger partial charge in [-0.1, -0.05) is 23.7 Å². The van der Waals surface area contributed by atoms with Crippen molar-refractivity contribution in [3.05, 3.63) is 53.4 Å². The molecule has 1 aliphatic carbocycles. The normalized spacial score (nSPS) is 14.1. The minimum absolute atomic E-state index is 0.112. The van der Waals surface area contributed by atoms with Gasteiger partial charge < -0.3 is 10.4 Å². The fourth-order valence-electron chi connectivity index (χ4n) is 2.84. The summed E-state index contributed by atoms with van der Waals surface area (Å²) in [6.45, 7) is 3.37. The van der Waals surface area contributed by atoms with Crippen LogP contribution in [0.2, 0.25) is 5.02 Å². The van der Waals surface area contributed by atoms with Crippen molar-refractivity contribution in [3.63, 3.8) is 0 Å². The van der Waals surface area contributed by atoms with Crippen molar-refractivity contribution in [2.75, 3.05) is 6.54 Å². The third-order valence-electron chi connectivity index (χ3n) is 4.56. The Hall–Kier alpha value is -2.77. The Kier molecular flexibility index (Phi) is 5.10. The lowest BCUT2D eigenvalue weighted by Crippen LogP contribution is -2.38. The van der Waals surface area contributed by atoms with Crippen molar-refractivity contribution >= 4 is 17.5 Å². The van der Waals surface area contributed by atoms with E-state index < -0.39 is 5.60 Å². The van der Waals surface area contributed by atoms with Crippen LogP contribution in [0.1, 0.15) is 43.2 Å². The van der Waals surface area contributed by atoms with E-state index in [0.717, 1.165) is 24.0 Å². The maximum atomic E-state index is 12.7. The van der Waals surface area contributed by atoms with Gasteiger partial charge in [-0.05, 0) is 44.9 Å². The largest absolute Gasteiger partial charge is 0.389 e. The zero-order chi connectivity index (χ0) is 20.6. The number of hydrogen-bond acceptors (Lipinski definition) is 5. The molecule has 2 N–H and O–H groups in total. The predicted molar refractivity (Wildman–Crippen MR) is 111 cm³/mol. The minimum Gasteiger partial charge on any atom is -0.389 e. The zero-order valence-electron chi connectivity index (χ0n) is 16.3. The molecule has 0 aliphatic heterocycles. The monoisotopic (exact) mass is 411 g/mol. The zero-order valence-corrected chi connectivity index (χ0v) is 17.0. The average molecular weight is 412 g/mol. The number of benzene rings is 1. The first-order valence-corrected chi connectivity index (χ1v) is 9.86. The lowest BCUT2D eigenvalue weighted by Gasteiger charge is -2.17. The standard InChI is InChI=1S/C21H22ClN5O2/c1-21(2,29)12-23-20(28)18-9-17(13-3-5-15(22)6-4-13)25-19(26-18)14-10-24-27(11-14)16-7-8-16/h3-6,9-11,16,29H,7-8,12H2,1-2H3,(H,23,28). The highest BCUT2D eigenvalue weighted by Gasteiger charge is 2.25. The van der Waals surface area contributed by atoms with Gasteiger partial charge >= 0.3 is 0 Å². The van der Waals surface area contributed by atoms with E-state index in [4.69, 9.17) is 11.6 Å². The van der Waals surface area contributed by atoms with Gasteiger partial charge in [-0.2, -0.15) is 5.10 Å². The Morgan fingerprint density at radius 2 is 1.97 bits per heavy atom. The van der Waals surface area contributed by atoms with Gasteiger partial charge in [0.1, 0.15) is 5.69 Å². The van der Waals surface area contributed by atoms with Crippen LogP contribution in [0.3, 0.4) is 0 Å². The maximum Gasteiger partial charge on any atom is 0.270 e. The Morgan fingerprint density at radius 3 is 2.62 bits per heavy atom. The molecule has 0 atom stereocenters. The van der Waals surface area contributed by atoms with Crippen LogP contribution in [0.4, 0.5) is 0 Å². The molecule has 8 heteroatoms. The number of hydrogen-bond donors (Lipinski definition) is 2. The van der Waals surface area contributed by atoms with Gasteiger partial charge in [0.25, 0.3) is 5.91 Å². The number of nitrogens with zero attached hydrogens (tertiary/aromatic N) is 4. The Morgan fingerprint density at radius 1 is 1.24 bits per heavy atom. The molecule has 7 nitrogen and oxygen atoms in total. The molecule has 1 saturated carbocycles. The number of halogens is 1. The van der Waals surface area contributed by atoms with Crippen LogP contribution in [-0.4, -0.2) is 42.9 Å². The summed E-state index contributed by atoms with van der Waals surface area (Å²) in [6.07, 6.45) is 5.88. The lowest BCUT2D eigenvalue weighted by atomic mass is 10.1. The van der Waals surface area contributed by atoms with E-state index in [0.29, 0.717) is 22.6 Å². The van der Waals surface area contributed by atoms with Crippen LogP contribution in [0.5, 0.6) is 0 Å². The molecule has 2 aromatic heterocycles. The van der Waals surface area contributed by atoms with E-state index in [2.05, 4.69) is 20.4 Å². The van der Waals surface area contributed by atoms with Crippen molar-refractivity contribution < 1.29 is 9.90 Å². The van der Waals surface area contributed by atoms with Crippen LogP contribution in [0, 0.1) is 0 Å². The summed E-state index contributed by atoms with van der Waals surface area (Å²) < 4.78 is 1.92. The molecule has 1 amide bonds. The van der Waals surface area contributed by atoms with Crippen molar-refractivity contribution in [3.8, 4) is 22.6 Å². The summed E-state index contributed by atoms with van der Waals surface area (Å²) in [7, 11) is 0. The lowest BCUT2D eigenvalue weighted by molar-refractivity contribution is 0.0692. The molecular weight excluding hydrogens is 390 g/mol. The number of amides is 1. The molecule has 0 spiro atoms. The van der Waals surface area contributed by atoms with Gasteiger partial charge in [0.05, 0.1) is 29.1 Å². The molecule has 1 aromatic carbocycles. The third kappa shape index (κ3) is 4.81. The van der Waals surface area contributed by atoms with Crippen LogP contribution in [0.25, 0.3) is 22.6 Å². The number of carbonyl (C=O) groups excluding carboxylic acids is 1. The van der Waals surface area contributed by atoms with Gasteiger partial charge in [-0.3, -0.25) is 9.48 Å². The molecule has 4 rings (SSSR count). The first kappa shape index (κ1) is 19.5. The van der Waals surface area contributed by atoms with Crippen LogP contribution in [0.15, 0.2) is 42.7 Å². The second-order valence-corrected chi connectivity index (χ2v) is 8.34. The highest BCUT2D eigenvalue weighted by molar-refractivity contribution is 6.30. The first-order chi connectivity index (χ1) is 13.8. The number of nitrogens with one attached hydrogen (secondary N) is 1. The molecular formula is C21H22ClN5O2. The number of aromatic nitrogens is 4. The topological polar surface area (TPSA) is 92.9 Å². The average Bonchev–Trinajstić information content (AvgIpc) is 3.42. The van der Waals surface area contributed by atoms with E-state index in [1.807, 2.05) is 23.0 Å². The summed E-state index contributed by atoms with van der Waals surface area (Å²) in [6, 6.07) is 9.33. The van der Waals surface area contributed by atoms with Crippen LogP contribution < -0.4 is 5.32 Å². The molecule has 0 unspecified atom stereocenters. The Balaban J connectivity index is 1.72. The van der Waals surface area contributed by atoms with E-state index in [1.54, 1.807) is 38.2 Å². The molecule has 0 radical (unpaired) electrons. The van der Waals surface area contributed by atoms with E-state index in [1.165, 1.54) is 0 Å². The van der Waals surface area contributed by atoms with Crippen molar-refractivity contribution in [2.24, 2.45) is 0 Å². The molecule has 2 heterocycles. The Labute approximate surface area is 173 Å². The van der Waals surface area contributed by atoms with Gasteiger partial charge in [-0.25, -0.2) is 9.97 Å². The highest BCUT2D eigenvalue weighted by atomic mass is 35.5. The summed E-state index contributed by atoms with van der Waals surface area (Å²) in [5, 5.41) is 17.6. The molecule has 150 valence electrons. The number of rotatable bonds is 6. The fraction of sp³-hybridized carbons (Fsp3) is 0.333. The van der Waals surface area contributed by atoms with Crippen LogP contribution >= 0.6 is 11.6 Å². The fourth-order valence-corrected chi connectivity index (χ4v) is 2.97. The summed E-state index contributed by atoms with van der Waals surface area (Å²) in [4.78, 5) is 21.8. The van der Waals surface area contributed by atoms with Gasteiger partial charge in [0.15, 0.2) is 5.82 Å². The van der Waals surface area contributed by atoms with Crippen molar-refractivity contribution in [1.29, 1.82) is 0 Å². The molecule has 3 aromatic rings. The van der Waals surface area contributed by atoms with Gasteiger partial charge in [0, 0.05) is 23.3 Å². The highest BCUT2D eigenvalue weighted by Crippen LogP contribution is 2.35. The smallest absolute Gasteiger partial charge is 0.270 e. The second-order valence-electron chi connectivity index (χ2n) is 7.90. The van der Waals surface area contributed by atoms with Crippen molar-refractivity contribution in [1.82, 2.24) is 25.1 Å². The molecule has 1 fully saturated rings. The molecule has 29 heavy (non-hydrogen) atoms. The summed E-state index contributed by atoms with van der Waals surface area (Å²) in [5.74, 6) is 0.0540. The SMILES string of the molecule is CC(C)(O)CNC(=O)c1cc(-c2ccc(Cl)cc2)nc(-c2cnn(C3CC3)c2)n1. The second kappa shape index (κ2) is 7.57. The minimum atomic E-state index is -1.02. The first-order valence-electron chi connectivity index (χ1n) is 9.49. The van der Waals surface area contributed by atoms with Crippen molar-refractivity contribution in [2.45, 2.75) is 38.3 Å². The van der Waals surface area contributed by atoms with E-state index in [9.17, 15) is 9.90 Å². The third-order valence-corrected chi connectivity index (χ3v) is 4.81. The molecule has 0 bridgehead atoms. The summed E-state index contributed by atoms with van der Waals surface area (Å²) >= 11 is 6.00. The molecule has 0 saturated heterocycles. The van der Waals surface area contributed by atoms with Crippen LogP contribution in [-0.2, 0) is 0 Å². The Bertz CT molecular complexity index is 1040. The van der Waals surface area contributed by atoms with E-state index >= 15 is 0 Å².